The molecular weight excluding hydrogens is 348 g/mol. The lowest BCUT2D eigenvalue weighted by Gasteiger charge is -2.33. The zero-order chi connectivity index (χ0) is 19.2. The topological polar surface area (TPSA) is 61.0 Å². The van der Waals surface area contributed by atoms with Crippen LogP contribution in [0.4, 0.5) is 0 Å². The number of H-pyrrole nitrogens is 1. The molecule has 146 valence electrons. The summed E-state index contributed by atoms with van der Waals surface area (Å²) in [5, 5.41) is 4.51. The largest absolute Gasteiger partial charge is 0.361 e. The molecule has 0 spiro atoms. The van der Waals surface area contributed by atoms with Gasteiger partial charge in [-0.15, -0.1) is 0 Å². The van der Waals surface area contributed by atoms with Gasteiger partial charge in [0.25, 0.3) is 0 Å². The fourth-order valence-corrected chi connectivity index (χ4v) is 4.14. The van der Waals surface area contributed by atoms with Crippen molar-refractivity contribution in [3.05, 3.63) is 66.1 Å². The number of aromatic amines is 1. The maximum absolute atomic E-state index is 12.4. The van der Waals surface area contributed by atoms with E-state index in [1.807, 2.05) is 18.3 Å². The number of pyridine rings is 1. The Kier molecular flexibility index (Phi) is 6.02. The summed E-state index contributed by atoms with van der Waals surface area (Å²) in [5.41, 5.74) is 3.69. The number of hydrogen-bond donors (Lipinski definition) is 2. The summed E-state index contributed by atoms with van der Waals surface area (Å²) in [7, 11) is 0. The average molecular weight is 377 g/mol. The SMILES string of the molecule is O=C(CCCc1c[nH]c2ccccc12)NC1CCCN(Cc2cccnc2)C1. The predicted molar refractivity (Wildman–Crippen MR) is 112 cm³/mol. The van der Waals surface area contributed by atoms with Crippen molar-refractivity contribution in [2.45, 2.75) is 44.7 Å². The van der Waals surface area contributed by atoms with Crippen molar-refractivity contribution in [3.8, 4) is 0 Å². The molecule has 1 fully saturated rings. The van der Waals surface area contributed by atoms with Gasteiger partial charge in [0.05, 0.1) is 0 Å². The van der Waals surface area contributed by atoms with Crippen LogP contribution in [0.25, 0.3) is 10.9 Å². The van der Waals surface area contributed by atoms with E-state index in [1.54, 1.807) is 6.20 Å². The Morgan fingerprint density at radius 3 is 3.07 bits per heavy atom. The molecule has 0 saturated carbocycles. The number of benzene rings is 1. The summed E-state index contributed by atoms with van der Waals surface area (Å²) in [4.78, 5) is 22.3. The van der Waals surface area contributed by atoms with Gasteiger partial charge in [-0.05, 0) is 55.5 Å². The van der Waals surface area contributed by atoms with Crippen molar-refractivity contribution in [1.82, 2.24) is 20.2 Å². The van der Waals surface area contributed by atoms with Gasteiger partial charge in [0, 0.05) is 55.0 Å². The molecule has 1 saturated heterocycles. The maximum Gasteiger partial charge on any atom is 0.220 e. The summed E-state index contributed by atoms with van der Waals surface area (Å²) in [6.07, 6.45) is 10.4. The van der Waals surface area contributed by atoms with E-state index in [0.717, 1.165) is 50.8 Å². The number of piperidine rings is 1. The van der Waals surface area contributed by atoms with Crippen LogP contribution >= 0.6 is 0 Å². The fourth-order valence-electron chi connectivity index (χ4n) is 4.14. The van der Waals surface area contributed by atoms with E-state index in [0.29, 0.717) is 6.42 Å². The van der Waals surface area contributed by atoms with Crippen LogP contribution in [0.2, 0.25) is 0 Å². The first-order chi connectivity index (χ1) is 13.8. The number of likely N-dealkylation sites (tertiary alicyclic amines) is 1. The number of carbonyl (C=O) groups is 1. The van der Waals surface area contributed by atoms with Gasteiger partial charge in [-0.25, -0.2) is 0 Å². The van der Waals surface area contributed by atoms with Gasteiger partial charge in [0.1, 0.15) is 0 Å². The first kappa shape index (κ1) is 18.7. The van der Waals surface area contributed by atoms with Gasteiger partial charge in [-0.1, -0.05) is 24.3 Å². The van der Waals surface area contributed by atoms with Crippen LogP contribution in [0.1, 0.15) is 36.8 Å². The van der Waals surface area contributed by atoms with Crippen LogP contribution in [0, 0.1) is 0 Å². The van der Waals surface area contributed by atoms with Crippen LogP contribution < -0.4 is 5.32 Å². The van der Waals surface area contributed by atoms with Gasteiger partial charge < -0.3 is 10.3 Å². The second-order valence-electron chi connectivity index (χ2n) is 7.72. The number of amides is 1. The first-order valence-electron chi connectivity index (χ1n) is 10.2. The molecule has 3 heterocycles. The van der Waals surface area contributed by atoms with Crippen LogP contribution in [0.15, 0.2) is 55.0 Å². The quantitative estimate of drug-likeness (QED) is 0.661. The standard InChI is InChI=1S/C23H28N4O/c28-23(11-3-7-19-15-25-22-10-2-1-9-21(19)22)26-20-8-5-13-27(17-20)16-18-6-4-12-24-14-18/h1-2,4,6,9-10,12,14-15,20,25H,3,5,7-8,11,13,16-17H2,(H,26,28). The highest BCUT2D eigenvalue weighted by Crippen LogP contribution is 2.19. The number of para-hydroxylation sites is 1. The maximum atomic E-state index is 12.4. The monoisotopic (exact) mass is 376 g/mol. The third kappa shape index (κ3) is 4.78. The summed E-state index contributed by atoms with van der Waals surface area (Å²) in [6.45, 7) is 2.91. The predicted octanol–water partition coefficient (Wildman–Crippen LogP) is 3.67. The van der Waals surface area contributed by atoms with Crippen LogP contribution in [-0.4, -0.2) is 39.9 Å². The van der Waals surface area contributed by atoms with E-state index in [9.17, 15) is 4.79 Å². The Labute approximate surface area is 166 Å². The van der Waals surface area contributed by atoms with E-state index in [2.05, 4.69) is 50.6 Å². The third-order valence-electron chi connectivity index (χ3n) is 5.52. The van der Waals surface area contributed by atoms with E-state index in [1.165, 1.54) is 16.5 Å². The average Bonchev–Trinajstić information content (AvgIpc) is 3.12. The minimum absolute atomic E-state index is 0.174. The number of aryl methyl sites for hydroxylation is 1. The summed E-state index contributed by atoms with van der Waals surface area (Å²) >= 11 is 0. The molecule has 1 atom stereocenters. The van der Waals surface area contributed by atoms with Gasteiger partial charge in [-0.3, -0.25) is 14.7 Å². The normalized spacial score (nSPS) is 17.6. The minimum Gasteiger partial charge on any atom is -0.361 e. The lowest BCUT2D eigenvalue weighted by Crippen LogP contribution is -2.47. The van der Waals surface area contributed by atoms with Crippen molar-refractivity contribution in [2.24, 2.45) is 0 Å². The van der Waals surface area contributed by atoms with Crippen molar-refractivity contribution in [1.29, 1.82) is 0 Å². The Morgan fingerprint density at radius 1 is 1.25 bits per heavy atom. The van der Waals surface area contributed by atoms with Crippen LogP contribution in [0.5, 0.6) is 0 Å². The molecule has 1 aliphatic heterocycles. The Bertz CT molecular complexity index is 905. The Balaban J connectivity index is 1.22. The highest BCUT2D eigenvalue weighted by molar-refractivity contribution is 5.83. The molecule has 28 heavy (non-hydrogen) atoms. The Morgan fingerprint density at radius 2 is 2.18 bits per heavy atom. The molecule has 4 rings (SSSR count). The molecular formula is C23H28N4O. The number of fused-ring (bicyclic) bond motifs is 1. The van der Waals surface area contributed by atoms with Gasteiger partial charge in [0.15, 0.2) is 0 Å². The van der Waals surface area contributed by atoms with E-state index < -0.39 is 0 Å². The molecule has 3 aromatic rings. The second-order valence-corrected chi connectivity index (χ2v) is 7.72. The van der Waals surface area contributed by atoms with Crippen molar-refractivity contribution in [2.75, 3.05) is 13.1 Å². The summed E-state index contributed by atoms with van der Waals surface area (Å²) in [6, 6.07) is 12.7. The molecule has 1 aliphatic rings. The first-order valence-corrected chi connectivity index (χ1v) is 10.2. The summed E-state index contributed by atoms with van der Waals surface area (Å²) < 4.78 is 0. The number of nitrogens with zero attached hydrogens (tertiary/aromatic N) is 2. The van der Waals surface area contributed by atoms with Gasteiger partial charge in [0.2, 0.25) is 5.91 Å². The van der Waals surface area contributed by atoms with Crippen LogP contribution in [0.3, 0.4) is 0 Å². The van der Waals surface area contributed by atoms with Crippen molar-refractivity contribution in [3.63, 3.8) is 0 Å². The lowest BCUT2D eigenvalue weighted by molar-refractivity contribution is -0.122. The summed E-state index contributed by atoms with van der Waals surface area (Å²) in [5.74, 6) is 0.174. The fraction of sp³-hybridized carbons (Fsp3) is 0.391. The zero-order valence-electron chi connectivity index (χ0n) is 16.2. The third-order valence-corrected chi connectivity index (χ3v) is 5.52. The molecule has 2 aromatic heterocycles. The molecule has 1 aromatic carbocycles. The molecule has 5 heteroatoms. The number of rotatable bonds is 7. The molecule has 0 aliphatic carbocycles. The van der Waals surface area contributed by atoms with Crippen molar-refractivity contribution < 1.29 is 4.79 Å². The number of nitrogens with one attached hydrogen (secondary N) is 2. The zero-order valence-corrected chi connectivity index (χ0v) is 16.2. The van der Waals surface area contributed by atoms with Gasteiger partial charge >= 0.3 is 0 Å². The molecule has 1 unspecified atom stereocenters. The van der Waals surface area contributed by atoms with E-state index in [4.69, 9.17) is 0 Å². The van der Waals surface area contributed by atoms with E-state index in [-0.39, 0.29) is 11.9 Å². The van der Waals surface area contributed by atoms with Gasteiger partial charge in [-0.2, -0.15) is 0 Å². The number of hydrogen-bond acceptors (Lipinski definition) is 3. The van der Waals surface area contributed by atoms with Crippen LogP contribution in [-0.2, 0) is 17.8 Å². The molecule has 5 nitrogen and oxygen atoms in total. The Hall–Kier alpha value is -2.66. The van der Waals surface area contributed by atoms with Crippen molar-refractivity contribution >= 4 is 16.8 Å². The highest BCUT2D eigenvalue weighted by atomic mass is 16.1. The smallest absolute Gasteiger partial charge is 0.220 e. The minimum atomic E-state index is 0.174. The van der Waals surface area contributed by atoms with E-state index >= 15 is 0 Å². The number of carbonyl (C=O) groups excluding carboxylic acids is 1. The molecule has 0 bridgehead atoms. The molecule has 0 radical (unpaired) electrons. The molecule has 2 N–H and O–H groups in total. The second kappa shape index (κ2) is 9.02. The lowest BCUT2D eigenvalue weighted by atomic mass is 10.0. The molecule has 1 amide bonds. The number of aromatic nitrogens is 2. The highest BCUT2D eigenvalue weighted by Gasteiger charge is 2.21.